The first kappa shape index (κ1) is 20.4. The minimum absolute atomic E-state index is 0.109. The quantitative estimate of drug-likeness (QED) is 0.738. The molecule has 2 fully saturated rings. The summed E-state index contributed by atoms with van der Waals surface area (Å²) in [5, 5.41) is 9.58. The zero-order valence-electron chi connectivity index (χ0n) is 15.8. The van der Waals surface area contributed by atoms with Crippen molar-refractivity contribution in [1.82, 2.24) is 14.5 Å². The fourth-order valence-corrected chi connectivity index (χ4v) is 6.20. The summed E-state index contributed by atoms with van der Waals surface area (Å²) in [4.78, 5) is 18.7. The largest absolute Gasteiger partial charge is 0.493 e. The lowest BCUT2D eigenvalue weighted by molar-refractivity contribution is -0.140. The molecule has 30 heavy (non-hydrogen) atoms. The van der Waals surface area contributed by atoms with E-state index in [0.717, 1.165) is 45.2 Å². The number of hydrogen-bond acceptors (Lipinski definition) is 6. The molecular weight excluding hydrogens is 443 g/mol. The highest BCUT2D eigenvalue weighted by molar-refractivity contribution is 7.99. The number of likely N-dealkylation sites (tertiary alicyclic amines) is 1. The Labute approximate surface area is 179 Å². The first-order chi connectivity index (χ1) is 14.2. The van der Waals surface area contributed by atoms with Gasteiger partial charge in [-0.1, -0.05) is 11.6 Å². The van der Waals surface area contributed by atoms with Crippen molar-refractivity contribution in [3.63, 3.8) is 0 Å². The van der Waals surface area contributed by atoms with Gasteiger partial charge < -0.3 is 14.7 Å². The third-order valence-corrected chi connectivity index (χ3v) is 8.12. The number of alkyl halides is 3. The number of rotatable bonds is 2. The minimum Gasteiger partial charge on any atom is -0.493 e. The lowest BCUT2D eigenvalue weighted by atomic mass is 9.77. The van der Waals surface area contributed by atoms with Gasteiger partial charge in [0.15, 0.2) is 0 Å². The molecule has 2 saturated heterocycles. The van der Waals surface area contributed by atoms with Crippen LogP contribution in [0.15, 0.2) is 15.8 Å². The second-order valence-electron chi connectivity index (χ2n) is 8.31. The summed E-state index contributed by atoms with van der Waals surface area (Å²) in [6, 6.07) is 0.508. The molecule has 162 valence electrons. The Hall–Kier alpha value is -1.49. The topological polar surface area (TPSA) is 67.6 Å². The molecule has 5 rings (SSSR count). The fraction of sp³-hybridized carbons (Fsp3) is 0.579. The molecule has 11 heteroatoms. The van der Waals surface area contributed by atoms with E-state index in [4.69, 9.17) is 16.3 Å². The molecule has 3 aliphatic heterocycles. The highest BCUT2D eigenvalue weighted by atomic mass is 35.5. The Balaban J connectivity index is 1.53. The summed E-state index contributed by atoms with van der Waals surface area (Å²) >= 11 is 7.29. The van der Waals surface area contributed by atoms with Crippen LogP contribution in [0.25, 0.3) is 10.9 Å². The van der Waals surface area contributed by atoms with E-state index in [1.165, 1.54) is 16.3 Å². The Morgan fingerprint density at radius 3 is 2.63 bits per heavy atom. The number of hydrogen-bond donors (Lipinski definition) is 1. The summed E-state index contributed by atoms with van der Waals surface area (Å²) in [6.45, 7) is 3.96. The van der Waals surface area contributed by atoms with E-state index >= 15 is 0 Å². The minimum atomic E-state index is -4.68. The Bertz CT molecular complexity index is 1080. The van der Waals surface area contributed by atoms with Gasteiger partial charge in [-0.25, -0.2) is 4.79 Å². The van der Waals surface area contributed by atoms with E-state index in [9.17, 15) is 23.1 Å². The summed E-state index contributed by atoms with van der Waals surface area (Å²) in [5.41, 5.74) is -1.20. The molecule has 1 aromatic heterocycles. The maximum atomic E-state index is 13.4. The van der Waals surface area contributed by atoms with E-state index in [1.807, 2.05) is 0 Å². The summed E-state index contributed by atoms with van der Waals surface area (Å²) < 4.78 is 47.0. The molecule has 1 atom stereocenters. The van der Waals surface area contributed by atoms with E-state index in [-0.39, 0.29) is 27.3 Å². The molecule has 4 heterocycles. The van der Waals surface area contributed by atoms with Gasteiger partial charge in [-0.3, -0.25) is 4.57 Å². The number of halogens is 4. The smallest absolute Gasteiger partial charge is 0.417 e. The number of thioether (sulfide) groups is 1. The number of nitrogens with zero attached hydrogens (tertiary/aromatic N) is 3. The van der Waals surface area contributed by atoms with Gasteiger partial charge in [0, 0.05) is 17.7 Å². The van der Waals surface area contributed by atoms with Crippen molar-refractivity contribution in [2.45, 2.75) is 30.0 Å². The number of benzene rings is 1. The van der Waals surface area contributed by atoms with E-state index in [0.29, 0.717) is 12.3 Å². The van der Waals surface area contributed by atoms with Crippen LogP contribution in [-0.2, 0) is 10.9 Å². The van der Waals surface area contributed by atoms with Crippen LogP contribution in [-0.4, -0.2) is 58.2 Å². The molecule has 0 aliphatic carbocycles. The van der Waals surface area contributed by atoms with Crippen LogP contribution in [0.4, 0.5) is 13.2 Å². The molecule has 1 aromatic carbocycles. The van der Waals surface area contributed by atoms with Crippen LogP contribution in [0.1, 0.15) is 24.4 Å². The van der Waals surface area contributed by atoms with Crippen LogP contribution in [0.3, 0.4) is 0 Å². The van der Waals surface area contributed by atoms with Gasteiger partial charge in [-0.2, -0.15) is 18.2 Å². The average molecular weight is 462 g/mol. The summed E-state index contributed by atoms with van der Waals surface area (Å²) in [5.74, 6) is -0.305. The summed E-state index contributed by atoms with van der Waals surface area (Å²) in [7, 11) is 0. The monoisotopic (exact) mass is 461 g/mol. The second kappa shape index (κ2) is 7.01. The molecule has 0 amide bonds. The van der Waals surface area contributed by atoms with Crippen molar-refractivity contribution in [3.05, 3.63) is 27.1 Å². The lowest BCUT2D eigenvalue weighted by Gasteiger charge is -2.48. The molecule has 0 unspecified atom stereocenters. The fourth-order valence-electron chi connectivity index (χ4n) is 4.59. The molecule has 0 saturated carbocycles. The van der Waals surface area contributed by atoms with E-state index < -0.39 is 28.3 Å². The van der Waals surface area contributed by atoms with Gasteiger partial charge in [0.1, 0.15) is 0 Å². The van der Waals surface area contributed by atoms with Crippen molar-refractivity contribution in [1.29, 1.82) is 0 Å². The van der Waals surface area contributed by atoms with Crippen LogP contribution >= 0.6 is 23.4 Å². The molecule has 0 radical (unpaired) electrons. The maximum absolute atomic E-state index is 13.4. The third-order valence-electron chi connectivity index (χ3n) is 6.38. The van der Waals surface area contributed by atoms with Crippen LogP contribution < -0.4 is 5.69 Å². The predicted octanol–water partition coefficient (Wildman–Crippen LogP) is 3.53. The second-order valence-corrected chi connectivity index (χ2v) is 9.72. The SMILES string of the molecule is O=c1nc(O)c2cc(C(F)(F)F)c(Cl)c3c2n1[C@@H](CN1CCC2(CC1)COC2)CS3. The molecule has 1 spiro atoms. The molecule has 6 nitrogen and oxygen atoms in total. The van der Waals surface area contributed by atoms with Crippen molar-refractivity contribution in [2.75, 3.05) is 38.6 Å². The predicted molar refractivity (Wildman–Crippen MR) is 106 cm³/mol. The van der Waals surface area contributed by atoms with Crippen molar-refractivity contribution in [3.8, 4) is 5.88 Å². The van der Waals surface area contributed by atoms with E-state index in [1.54, 1.807) is 0 Å². The number of aromatic hydroxyl groups is 1. The Morgan fingerprint density at radius 1 is 1.33 bits per heavy atom. The molecular formula is C19H19ClF3N3O3S. The Kier molecular flexibility index (Phi) is 4.77. The van der Waals surface area contributed by atoms with Gasteiger partial charge in [0.05, 0.1) is 45.6 Å². The normalized spacial score (nSPS) is 23.7. The molecule has 3 aliphatic rings. The standard InChI is InChI=1S/C19H19ClF3N3O3S/c20-13-12(19(21,22)23)5-11-14-15(13)30-7-10(26(14)17(28)24-16(11)27)6-25-3-1-18(2-4-25)8-29-9-18/h5,10H,1-4,6-9H2,(H,24,27,28)/t10-/m0/s1. The highest BCUT2D eigenvalue weighted by Crippen LogP contribution is 2.48. The number of aromatic nitrogens is 2. The third kappa shape index (κ3) is 3.19. The first-order valence-electron chi connectivity index (χ1n) is 9.66. The van der Waals surface area contributed by atoms with Gasteiger partial charge in [0.2, 0.25) is 5.88 Å². The first-order valence-corrected chi connectivity index (χ1v) is 11.0. The zero-order valence-corrected chi connectivity index (χ0v) is 17.4. The Morgan fingerprint density at radius 2 is 2.03 bits per heavy atom. The van der Waals surface area contributed by atoms with Gasteiger partial charge in [0.25, 0.3) is 0 Å². The van der Waals surface area contributed by atoms with Gasteiger partial charge in [-0.05, 0) is 32.0 Å². The molecule has 0 bridgehead atoms. The van der Waals surface area contributed by atoms with E-state index in [2.05, 4.69) is 9.88 Å². The maximum Gasteiger partial charge on any atom is 0.417 e. The van der Waals surface area contributed by atoms with Crippen molar-refractivity contribution < 1.29 is 23.0 Å². The van der Waals surface area contributed by atoms with Gasteiger partial charge in [-0.15, -0.1) is 11.8 Å². The molecule has 2 aromatic rings. The van der Waals surface area contributed by atoms with Crippen LogP contribution in [0.5, 0.6) is 5.88 Å². The number of piperidine rings is 1. The van der Waals surface area contributed by atoms with Crippen molar-refractivity contribution in [2.24, 2.45) is 5.41 Å². The number of ether oxygens (including phenoxy) is 1. The zero-order chi connectivity index (χ0) is 21.3. The van der Waals surface area contributed by atoms with Crippen LogP contribution in [0.2, 0.25) is 5.02 Å². The van der Waals surface area contributed by atoms with Crippen LogP contribution in [0, 0.1) is 5.41 Å². The van der Waals surface area contributed by atoms with Crippen molar-refractivity contribution >= 4 is 34.3 Å². The summed E-state index contributed by atoms with van der Waals surface area (Å²) in [6.07, 6.45) is -2.62. The average Bonchev–Trinajstić information content (AvgIpc) is 2.65. The lowest BCUT2D eigenvalue weighted by Crippen LogP contribution is -2.52. The molecule has 1 N–H and O–H groups in total. The van der Waals surface area contributed by atoms with Gasteiger partial charge >= 0.3 is 11.9 Å². The highest BCUT2D eigenvalue weighted by Gasteiger charge is 2.42.